The number of aliphatic hydroxyl groups is 1. The Hall–Kier alpha value is -0.410. The molecule has 1 aliphatic carbocycles. The molecule has 0 radical (unpaired) electrons. The maximum absolute atomic E-state index is 10.2. The van der Waals surface area contributed by atoms with Crippen LogP contribution in [-0.2, 0) is 12.0 Å². The Labute approximate surface area is 86.1 Å². The highest BCUT2D eigenvalue weighted by Gasteiger charge is 2.36. The van der Waals surface area contributed by atoms with Crippen LogP contribution in [0, 0.1) is 0 Å². The van der Waals surface area contributed by atoms with Gasteiger partial charge < -0.3 is 5.11 Å². The van der Waals surface area contributed by atoms with Gasteiger partial charge in [0.2, 0.25) is 0 Å². The van der Waals surface area contributed by atoms with Crippen molar-refractivity contribution in [3.05, 3.63) is 28.0 Å². The summed E-state index contributed by atoms with van der Waals surface area (Å²) < 4.78 is 0.806. The van der Waals surface area contributed by atoms with E-state index in [0.717, 1.165) is 29.6 Å². The number of pyridine rings is 1. The van der Waals surface area contributed by atoms with Crippen molar-refractivity contribution in [1.82, 2.24) is 4.98 Å². The quantitative estimate of drug-likeness (QED) is 0.767. The molecule has 1 aromatic heterocycles. The smallest absolute Gasteiger partial charge is 0.107 e. The van der Waals surface area contributed by atoms with Crippen LogP contribution in [0.4, 0.5) is 0 Å². The fourth-order valence-corrected chi connectivity index (χ4v) is 2.18. The van der Waals surface area contributed by atoms with Crippen LogP contribution in [0.15, 0.2) is 16.7 Å². The molecule has 13 heavy (non-hydrogen) atoms. The van der Waals surface area contributed by atoms with E-state index in [-0.39, 0.29) is 0 Å². The number of hydrogen-bond donors (Lipinski definition) is 1. The molecule has 2 rings (SSSR count). The average molecular weight is 242 g/mol. The third kappa shape index (κ3) is 1.40. The molecule has 0 fully saturated rings. The molecule has 1 N–H and O–H groups in total. The van der Waals surface area contributed by atoms with Gasteiger partial charge in [-0.3, -0.25) is 0 Å². The summed E-state index contributed by atoms with van der Waals surface area (Å²) in [6, 6.07) is 3.97. The second-order valence-electron chi connectivity index (χ2n) is 3.53. The van der Waals surface area contributed by atoms with E-state index in [0.29, 0.717) is 0 Å². The number of rotatable bonds is 1. The summed E-state index contributed by atoms with van der Waals surface area (Å²) in [7, 11) is 0. The molecule has 0 unspecified atom stereocenters. The molecule has 1 atom stereocenters. The van der Waals surface area contributed by atoms with Gasteiger partial charge in [-0.2, -0.15) is 0 Å². The molecule has 70 valence electrons. The number of halogens is 1. The van der Waals surface area contributed by atoms with E-state index in [1.807, 2.05) is 19.1 Å². The average Bonchev–Trinajstić information content (AvgIpc) is 2.45. The van der Waals surface area contributed by atoms with Gasteiger partial charge in [0.05, 0.1) is 5.69 Å². The molecule has 0 bridgehead atoms. The van der Waals surface area contributed by atoms with Crippen LogP contribution in [0.2, 0.25) is 0 Å². The number of aryl methyl sites for hydroxylation is 1. The van der Waals surface area contributed by atoms with E-state index >= 15 is 0 Å². The van der Waals surface area contributed by atoms with Crippen molar-refractivity contribution >= 4 is 15.9 Å². The maximum atomic E-state index is 10.2. The van der Waals surface area contributed by atoms with Gasteiger partial charge in [-0.15, -0.1) is 0 Å². The van der Waals surface area contributed by atoms with Gasteiger partial charge in [-0.05, 0) is 46.8 Å². The third-order valence-electron chi connectivity index (χ3n) is 2.78. The van der Waals surface area contributed by atoms with Crippen LogP contribution >= 0.6 is 15.9 Å². The first-order valence-electron chi connectivity index (χ1n) is 4.54. The number of hydrogen-bond acceptors (Lipinski definition) is 2. The molecule has 2 nitrogen and oxygen atoms in total. The Morgan fingerprint density at radius 2 is 2.38 bits per heavy atom. The van der Waals surface area contributed by atoms with Crippen molar-refractivity contribution in [2.75, 3.05) is 0 Å². The Bertz CT molecular complexity index is 340. The highest BCUT2D eigenvalue weighted by molar-refractivity contribution is 9.10. The van der Waals surface area contributed by atoms with Crippen LogP contribution in [0.25, 0.3) is 0 Å². The summed E-state index contributed by atoms with van der Waals surface area (Å²) in [5, 5.41) is 10.2. The number of nitrogens with zero attached hydrogens (tertiary/aromatic N) is 1. The zero-order valence-corrected chi connectivity index (χ0v) is 9.13. The molecule has 0 aliphatic heterocycles. The maximum Gasteiger partial charge on any atom is 0.107 e. The van der Waals surface area contributed by atoms with Crippen LogP contribution in [-0.4, -0.2) is 10.1 Å². The molecular weight excluding hydrogens is 230 g/mol. The Morgan fingerprint density at radius 1 is 1.62 bits per heavy atom. The van der Waals surface area contributed by atoms with Gasteiger partial charge in [0.1, 0.15) is 10.2 Å². The van der Waals surface area contributed by atoms with Crippen molar-refractivity contribution in [1.29, 1.82) is 0 Å². The Balaban J connectivity index is 2.52. The first kappa shape index (κ1) is 9.16. The van der Waals surface area contributed by atoms with E-state index < -0.39 is 5.60 Å². The standard InChI is InChI=1S/C10H12BrNO/c1-2-10(13)6-5-7-3-4-8(11)12-9(7)10/h3-4,13H,2,5-6H2,1H3/t10-/m1/s1. The summed E-state index contributed by atoms with van der Waals surface area (Å²) in [6.07, 6.45) is 2.49. The largest absolute Gasteiger partial charge is 0.384 e. The van der Waals surface area contributed by atoms with Gasteiger partial charge in [-0.1, -0.05) is 13.0 Å². The van der Waals surface area contributed by atoms with E-state index in [9.17, 15) is 5.11 Å². The minimum atomic E-state index is -0.681. The third-order valence-corrected chi connectivity index (χ3v) is 3.22. The van der Waals surface area contributed by atoms with E-state index in [2.05, 4.69) is 20.9 Å². The molecule has 0 aromatic carbocycles. The number of fused-ring (bicyclic) bond motifs is 1. The van der Waals surface area contributed by atoms with Gasteiger partial charge >= 0.3 is 0 Å². The first-order chi connectivity index (χ1) is 6.15. The summed E-state index contributed by atoms with van der Waals surface area (Å²) in [5.41, 5.74) is 1.37. The number of aromatic nitrogens is 1. The van der Waals surface area contributed by atoms with Gasteiger partial charge in [0.15, 0.2) is 0 Å². The van der Waals surface area contributed by atoms with Gasteiger partial charge in [0.25, 0.3) is 0 Å². The minimum Gasteiger partial charge on any atom is -0.384 e. The topological polar surface area (TPSA) is 33.1 Å². The Morgan fingerprint density at radius 3 is 3.08 bits per heavy atom. The fourth-order valence-electron chi connectivity index (χ4n) is 1.87. The summed E-state index contributed by atoms with van der Waals surface area (Å²) in [4.78, 5) is 4.34. The summed E-state index contributed by atoms with van der Waals surface area (Å²) >= 11 is 3.32. The second kappa shape index (κ2) is 3.07. The van der Waals surface area contributed by atoms with Crippen molar-refractivity contribution in [3.63, 3.8) is 0 Å². The predicted molar refractivity (Wildman–Crippen MR) is 54.4 cm³/mol. The molecule has 1 aliphatic rings. The fraction of sp³-hybridized carbons (Fsp3) is 0.500. The zero-order valence-electron chi connectivity index (χ0n) is 7.55. The highest BCUT2D eigenvalue weighted by atomic mass is 79.9. The van der Waals surface area contributed by atoms with Crippen LogP contribution in [0.3, 0.4) is 0 Å². The molecule has 0 amide bonds. The lowest BCUT2D eigenvalue weighted by molar-refractivity contribution is 0.0305. The molecular formula is C10H12BrNO. The van der Waals surface area contributed by atoms with Crippen molar-refractivity contribution in [3.8, 4) is 0 Å². The van der Waals surface area contributed by atoms with Crippen LogP contribution in [0.5, 0.6) is 0 Å². The lowest BCUT2D eigenvalue weighted by Gasteiger charge is -2.20. The predicted octanol–water partition coefficient (Wildman–Crippen LogP) is 2.39. The lowest BCUT2D eigenvalue weighted by atomic mass is 9.98. The normalized spacial score (nSPS) is 26.1. The van der Waals surface area contributed by atoms with Gasteiger partial charge in [0, 0.05) is 0 Å². The van der Waals surface area contributed by atoms with Crippen molar-refractivity contribution < 1.29 is 5.11 Å². The molecule has 0 spiro atoms. The van der Waals surface area contributed by atoms with E-state index in [4.69, 9.17) is 0 Å². The molecule has 0 saturated carbocycles. The second-order valence-corrected chi connectivity index (χ2v) is 4.34. The molecule has 3 heteroatoms. The molecule has 0 saturated heterocycles. The van der Waals surface area contributed by atoms with E-state index in [1.54, 1.807) is 0 Å². The summed E-state index contributed by atoms with van der Waals surface area (Å²) in [6.45, 7) is 2.00. The monoisotopic (exact) mass is 241 g/mol. The van der Waals surface area contributed by atoms with Gasteiger partial charge in [-0.25, -0.2) is 4.98 Å². The SMILES string of the molecule is CC[C@@]1(O)CCc2ccc(Br)nc21. The lowest BCUT2D eigenvalue weighted by Crippen LogP contribution is -2.22. The van der Waals surface area contributed by atoms with E-state index in [1.165, 1.54) is 5.56 Å². The zero-order chi connectivity index (χ0) is 9.47. The molecule has 1 heterocycles. The van der Waals surface area contributed by atoms with Crippen LogP contribution < -0.4 is 0 Å². The highest BCUT2D eigenvalue weighted by Crippen LogP contribution is 2.38. The van der Waals surface area contributed by atoms with Crippen molar-refractivity contribution in [2.45, 2.75) is 31.8 Å². The summed E-state index contributed by atoms with van der Waals surface area (Å²) in [5.74, 6) is 0. The van der Waals surface area contributed by atoms with Crippen LogP contribution in [0.1, 0.15) is 31.0 Å². The Kier molecular flexibility index (Phi) is 2.16. The minimum absolute atomic E-state index is 0.681. The molecule has 1 aromatic rings. The first-order valence-corrected chi connectivity index (χ1v) is 5.33. The van der Waals surface area contributed by atoms with Crippen molar-refractivity contribution in [2.24, 2.45) is 0 Å².